The van der Waals surface area contributed by atoms with E-state index in [1.165, 1.54) is 0 Å². The summed E-state index contributed by atoms with van der Waals surface area (Å²) in [5.41, 5.74) is 0.577. The third-order valence-electron chi connectivity index (χ3n) is 1.93. The summed E-state index contributed by atoms with van der Waals surface area (Å²) in [5, 5.41) is 0. The Hall–Kier alpha value is -1.05. The van der Waals surface area contributed by atoms with Gasteiger partial charge in [0.15, 0.2) is 0 Å². The molecule has 0 aromatic carbocycles. The third-order valence-corrected chi connectivity index (χ3v) is 1.93. The van der Waals surface area contributed by atoms with Crippen LogP contribution in [-0.2, 0) is 9.53 Å². The minimum Gasteiger partial charge on any atom is -0.454 e. The Morgan fingerprint density at radius 1 is 1.64 bits per heavy atom. The molecule has 2 atom stereocenters. The molecule has 0 aromatic rings. The summed E-state index contributed by atoms with van der Waals surface area (Å²) >= 11 is 0. The largest absolute Gasteiger partial charge is 0.454 e. The van der Waals surface area contributed by atoms with Gasteiger partial charge in [0, 0.05) is 11.5 Å². The molecule has 0 spiro atoms. The molecule has 1 aliphatic heterocycles. The first-order chi connectivity index (χ1) is 5.16. The number of allylic oxidation sites excluding steroid dienone is 1. The second kappa shape index (κ2) is 2.91. The molecule has 1 saturated heterocycles. The lowest BCUT2D eigenvalue weighted by Gasteiger charge is -2.06. The van der Waals surface area contributed by atoms with E-state index < -0.39 is 0 Å². The Morgan fingerprint density at radius 3 is 2.64 bits per heavy atom. The molecule has 0 aromatic heterocycles. The Kier molecular flexibility index (Phi) is 2.13. The molecule has 1 fully saturated rings. The van der Waals surface area contributed by atoms with Crippen molar-refractivity contribution in [3.8, 4) is 0 Å². The van der Waals surface area contributed by atoms with Gasteiger partial charge >= 0.3 is 5.97 Å². The van der Waals surface area contributed by atoms with Gasteiger partial charge in [-0.15, -0.1) is 0 Å². The van der Waals surface area contributed by atoms with Crippen molar-refractivity contribution in [2.45, 2.75) is 20.0 Å². The first-order valence-corrected chi connectivity index (χ1v) is 3.69. The molecule has 1 rings (SSSR count). The molecule has 1 aliphatic rings. The molecule has 0 saturated carbocycles. The fourth-order valence-electron chi connectivity index (χ4n) is 1.08. The van der Waals surface area contributed by atoms with E-state index in [1.54, 1.807) is 0 Å². The minimum absolute atomic E-state index is 0.0972. The molecule has 0 unspecified atom stereocenters. The van der Waals surface area contributed by atoms with Gasteiger partial charge in [-0.05, 0) is 13.0 Å². The molecule has 1 heterocycles. The lowest BCUT2D eigenvalue weighted by Crippen LogP contribution is -2.09. The first-order valence-electron chi connectivity index (χ1n) is 3.69. The first kappa shape index (κ1) is 8.05. The Labute approximate surface area is 66.5 Å². The monoisotopic (exact) mass is 152 g/mol. The van der Waals surface area contributed by atoms with Crippen LogP contribution in [0.3, 0.4) is 0 Å². The summed E-state index contributed by atoms with van der Waals surface area (Å²) < 4.78 is 5.00. The molecule has 11 heavy (non-hydrogen) atoms. The number of carbonyl (C=O) groups is 1. The Bertz CT molecular complexity index is 216. The summed E-state index contributed by atoms with van der Waals surface area (Å²) in [5.74, 6) is -0.140. The van der Waals surface area contributed by atoms with Gasteiger partial charge in [-0.25, -0.2) is 4.79 Å². The minimum atomic E-state index is -0.263. The van der Waals surface area contributed by atoms with Crippen molar-refractivity contribution < 1.29 is 9.53 Å². The molecular formula is C9H12O2. The van der Waals surface area contributed by atoms with Crippen molar-refractivity contribution in [2.24, 2.45) is 5.92 Å². The maximum atomic E-state index is 10.9. The number of carbonyl (C=O) groups excluding carboxylic acids is 1. The molecule has 0 amide bonds. The van der Waals surface area contributed by atoms with Crippen LogP contribution in [0.1, 0.15) is 13.8 Å². The highest BCUT2D eigenvalue weighted by Crippen LogP contribution is 2.26. The smallest absolute Gasteiger partial charge is 0.334 e. The molecule has 60 valence electrons. The zero-order valence-electron chi connectivity index (χ0n) is 6.83. The zero-order chi connectivity index (χ0) is 8.43. The maximum absolute atomic E-state index is 10.9. The second-order valence-electron chi connectivity index (χ2n) is 2.71. The molecule has 0 radical (unpaired) electrons. The van der Waals surface area contributed by atoms with Crippen LogP contribution >= 0.6 is 0 Å². The third kappa shape index (κ3) is 1.34. The van der Waals surface area contributed by atoms with Crippen molar-refractivity contribution in [1.82, 2.24) is 0 Å². The van der Waals surface area contributed by atoms with E-state index in [4.69, 9.17) is 4.74 Å². The highest BCUT2D eigenvalue weighted by molar-refractivity contribution is 5.90. The summed E-state index contributed by atoms with van der Waals surface area (Å²) in [7, 11) is 0. The predicted molar refractivity (Wildman–Crippen MR) is 43.0 cm³/mol. The summed E-state index contributed by atoms with van der Waals surface area (Å²) in [4.78, 5) is 10.9. The number of rotatable bonds is 1. The Balaban J connectivity index is 2.74. The zero-order valence-corrected chi connectivity index (χ0v) is 6.83. The molecular weight excluding hydrogens is 140 g/mol. The van der Waals surface area contributed by atoms with Crippen LogP contribution in [0.4, 0.5) is 0 Å². The number of ether oxygens (including phenoxy) is 1. The van der Waals surface area contributed by atoms with Gasteiger partial charge in [0.2, 0.25) is 0 Å². The Morgan fingerprint density at radius 2 is 2.27 bits per heavy atom. The number of cyclic esters (lactones) is 1. The van der Waals surface area contributed by atoms with Gasteiger partial charge in [0.1, 0.15) is 6.10 Å². The van der Waals surface area contributed by atoms with Crippen LogP contribution in [0.25, 0.3) is 0 Å². The van der Waals surface area contributed by atoms with Gasteiger partial charge in [-0.1, -0.05) is 19.6 Å². The van der Waals surface area contributed by atoms with E-state index >= 15 is 0 Å². The predicted octanol–water partition coefficient (Wildman–Crippen LogP) is 1.68. The second-order valence-corrected chi connectivity index (χ2v) is 2.71. The fourth-order valence-corrected chi connectivity index (χ4v) is 1.08. The molecule has 0 bridgehead atoms. The molecule has 2 heteroatoms. The van der Waals surface area contributed by atoms with Crippen LogP contribution < -0.4 is 0 Å². The van der Waals surface area contributed by atoms with Crippen LogP contribution in [0.15, 0.2) is 24.3 Å². The van der Waals surface area contributed by atoms with Crippen LogP contribution in [0.2, 0.25) is 0 Å². The van der Waals surface area contributed by atoms with Crippen molar-refractivity contribution in [3.63, 3.8) is 0 Å². The quantitative estimate of drug-likeness (QED) is 0.324. The topological polar surface area (TPSA) is 26.3 Å². The maximum Gasteiger partial charge on any atom is 0.334 e. The van der Waals surface area contributed by atoms with E-state index in [1.807, 2.05) is 26.0 Å². The van der Waals surface area contributed by atoms with E-state index in [0.29, 0.717) is 5.57 Å². The SMILES string of the molecule is C=C1C(=O)O[C@H](/C=C/C)[C@@H]1C. The van der Waals surface area contributed by atoms with Gasteiger partial charge in [-0.2, -0.15) is 0 Å². The van der Waals surface area contributed by atoms with Crippen molar-refractivity contribution in [3.05, 3.63) is 24.3 Å². The van der Waals surface area contributed by atoms with E-state index in [2.05, 4.69) is 6.58 Å². The van der Waals surface area contributed by atoms with E-state index in [-0.39, 0.29) is 18.0 Å². The molecule has 0 N–H and O–H groups in total. The van der Waals surface area contributed by atoms with Gasteiger partial charge < -0.3 is 4.74 Å². The lowest BCUT2D eigenvalue weighted by molar-refractivity contribution is -0.137. The van der Waals surface area contributed by atoms with Crippen molar-refractivity contribution in [2.75, 3.05) is 0 Å². The molecule has 0 aliphatic carbocycles. The highest BCUT2D eigenvalue weighted by atomic mass is 16.5. The summed E-state index contributed by atoms with van der Waals surface area (Å²) in [6.45, 7) is 7.49. The van der Waals surface area contributed by atoms with Crippen LogP contribution in [0, 0.1) is 5.92 Å². The van der Waals surface area contributed by atoms with Crippen LogP contribution in [-0.4, -0.2) is 12.1 Å². The van der Waals surface area contributed by atoms with Crippen molar-refractivity contribution in [1.29, 1.82) is 0 Å². The number of hydrogen-bond acceptors (Lipinski definition) is 2. The number of esters is 1. The van der Waals surface area contributed by atoms with Gasteiger partial charge in [-0.3, -0.25) is 0 Å². The normalized spacial score (nSPS) is 31.5. The lowest BCUT2D eigenvalue weighted by atomic mass is 10.00. The van der Waals surface area contributed by atoms with Gasteiger partial charge in [0.25, 0.3) is 0 Å². The van der Waals surface area contributed by atoms with E-state index in [9.17, 15) is 4.79 Å². The highest BCUT2D eigenvalue weighted by Gasteiger charge is 2.32. The standard InChI is InChI=1S/C9H12O2/c1-4-5-8-6(2)7(3)9(10)11-8/h4-6,8H,3H2,1-2H3/b5-4+/t6-,8-/m1/s1. The average Bonchev–Trinajstić information content (AvgIpc) is 2.19. The fraction of sp³-hybridized carbons (Fsp3) is 0.444. The summed E-state index contributed by atoms with van der Waals surface area (Å²) in [6.07, 6.45) is 3.66. The van der Waals surface area contributed by atoms with Crippen LogP contribution in [0.5, 0.6) is 0 Å². The van der Waals surface area contributed by atoms with E-state index in [0.717, 1.165) is 0 Å². The summed E-state index contributed by atoms with van der Waals surface area (Å²) in [6, 6.07) is 0. The molecule has 2 nitrogen and oxygen atoms in total. The average molecular weight is 152 g/mol. The van der Waals surface area contributed by atoms with Gasteiger partial charge in [0.05, 0.1) is 0 Å². The number of hydrogen-bond donors (Lipinski definition) is 0. The van der Waals surface area contributed by atoms with Crippen molar-refractivity contribution >= 4 is 5.97 Å².